The van der Waals surface area contributed by atoms with Gasteiger partial charge in [0.25, 0.3) is 0 Å². The van der Waals surface area contributed by atoms with Crippen molar-refractivity contribution in [3.63, 3.8) is 0 Å². The third-order valence-corrected chi connectivity index (χ3v) is 2.31. The lowest BCUT2D eigenvalue weighted by molar-refractivity contribution is -0.135. The third kappa shape index (κ3) is 2.67. The summed E-state index contributed by atoms with van der Waals surface area (Å²) in [5, 5.41) is 0. The van der Waals surface area contributed by atoms with Gasteiger partial charge in [-0.05, 0) is 20.4 Å². The fourth-order valence-electron chi connectivity index (χ4n) is 1.47. The van der Waals surface area contributed by atoms with E-state index < -0.39 is 0 Å². The summed E-state index contributed by atoms with van der Waals surface area (Å²) in [4.78, 5) is 13.3. The van der Waals surface area contributed by atoms with Crippen molar-refractivity contribution < 1.29 is 9.53 Å². The van der Waals surface area contributed by atoms with Crippen molar-refractivity contribution in [2.75, 3.05) is 26.3 Å². The molecule has 13 heavy (non-hydrogen) atoms. The zero-order chi connectivity index (χ0) is 9.84. The summed E-state index contributed by atoms with van der Waals surface area (Å²) in [6.07, 6.45) is 0. The fourth-order valence-corrected chi connectivity index (χ4v) is 1.47. The van der Waals surface area contributed by atoms with Crippen molar-refractivity contribution in [2.24, 2.45) is 11.7 Å². The first-order valence-corrected chi connectivity index (χ1v) is 4.72. The van der Waals surface area contributed by atoms with Crippen molar-refractivity contribution in [3.05, 3.63) is 0 Å². The predicted octanol–water partition coefficient (Wildman–Crippen LogP) is -0.171. The molecule has 0 aromatic carbocycles. The molecule has 0 spiro atoms. The van der Waals surface area contributed by atoms with E-state index >= 15 is 0 Å². The smallest absolute Gasteiger partial charge is 0.248 e. The molecule has 1 heterocycles. The average Bonchev–Trinajstić information content (AvgIpc) is 2.26. The van der Waals surface area contributed by atoms with Crippen molar-refractivity contribution in [1.29, 1.82) is 0 Å². The Balaban J connectivity index is 2.61. The highest BCUT2D eigenvalue weighted by Gasteiger charge is 2.24. The van der Waals surface area contributed by atoms with Crippen molar-refractivity contribution in [2.45, 2.75) is 19.9 Å². The van der Waals surface area contributed by atoms with Gasteiger partial charge in [-0.1, -0.05) is 0 Å². The molecule has 1 saturated heterocycles. The average molecular weight is 186 g/mol. The van der Waals surface area contributed by atoms with Crippen molar-refractivity contribution in [1.82, 2.24) is 4.90 Å². The maximum atomic E-state index is 11.5. The van der Waals surface area contributed by atoms with Gasteiger partial charge in [0.15, 0.2) is 0 Å². The molecule has 1 aliphatic heterocycles. The van der Waals surface area contributed by atoms with E-state index in [4.69, 9.17) is 10.5 Å². The number of rotatable bonds is 2. The highest BCUT2D eigenvalue weighted by Crippen LogP contribution is 2.09. The molecular weight excluding hydrogens is 168 g/mol. The SMILES string of the molecule is CC(C)N1C[C@@H](CN)COCC1=O. The topological polar surface area (TPSA) is 55.6 Å². The van der Waals surface area contributed by atoms with Crippen LogP contribution < -0.4 is 5.73 Å². The standard InChI is InChI=1S/C9H18N2O2/c1-7(2)11-4-8(3-10)5-13-6-9(11)12/h7-8H,3-6,10H2,1-2H3/t8-/m1/s1. The van der Waals surface area contributed by atoms with Crippen LogP contribution >= 0.6 is 0 Å². The number of hydrogen-bond donors (Lipinski definition) is 1. The second-order valence-electron chi connectivity index (χ2n) is 3.76. The minimum absolute atomic E-state index is 0.0750. The van der Waals surface area contributed by atoms with Gasteiger partial charge in [0.2, 0.25) is 5.91 Å². The van der Waals surface area contributed by atoms with Gasteiger partial charge in [0.1, 0.15) is 6.61 Å². The molecule has 1 aliphatic rings. The quantitative estimate of drug-likeness (QED) is 0.651. The van der Waals surface area contributed by atoms with Crippen LogP contribution in [0.1, 0.15) is 13.8 Å². The van der Waals surface area contributed by atoms with E-state index in [-0.39, 0.29) is 24.5 Å². The molecule has 1 rings (SSSR count). The molecule has 0 aromatic rings. The zero-order valence-electron chi connectivity index (χ0n) is 8.32. The van der Waals surface area contributed by atoms with Gasteiger partial charge in [-0.25, -0.2) is 0 Å². The molecule has 4 nitrogen and oxygen atoms in total. The minimum Gasteiger partial charge on any atom is -0.371 e. The second kappa shape index (κ2) is 4.58. The summed E-state index contributed by atoms with van der Waals surface area (Å²) >= 11 is 0. The number of ether oxygens (including phenoxy) is 1. The first-order chi connectivity index (χ1) is 6.15. The maximum Gasteiger partial charge on any atom is 0.248 e. The van der Waals surface area contributed by atoms with E-state index in [9.17, 15) is 4.79 Å². The summed E-state index contributed by atoms with van der Waals surface area (Å²) in [6.45, 7) is 6.14. The molecule has 0 saturated carbocycles. The Morgan fingerprint density at radius 3 is 2.92 bits per heavy atom. The first-order valence-electron chi connectivity index (χ1n) is 4.72. The summed E-state index contributed by atoms with van der Waals surface area (Å²) in [5.74, 6) is 0.361. The Bertz CT molecular complexity index is 182. The highest BCUT2D eigenvalue weighted by molar-refractivity contribution is 5.77. The number of nitrogens with zero attached hydrogens (tertiary/aromatic N) is 1. The summed E-state index contributed by atoms with van der Waals surface area (Å²) in [6, 6.07) is 0.239. The molecular formula is C9H18N2O2. The molecule has 1 amide bonds. The first kappa shape index (κ1) is 10.5. The predicted molar refractivity (Wildman–Crippen MR) is 50.2 cm³/mol. The Hall–Kier alpha value is -0.610. The van der Waals surface area contributed by atoms with Crippen LogP contribution in [-0.2, 0) is 9.53 Å². The van der Waals surface area contributed by atoms with Crippen LogP contribution in [0.2, 0.25) is 0 Å². The molecule has 4 heteroatoms. The molecule has 2 N–H and O–H groups in total. The van der Waals surface area contributed by atoms with E-state index in [0.29, 0.717) is 13.2 Å². The fraction of sp³-hybridized carbons (Fsp3) is 0.889. The lowest BCUT2D eigenvalue weighted by Gasteiger charge is -2.26. The summed E-state index contributed by atoms with van der Waals surface area (Å²) in [7, 11) is 0. The number of carbonyl (C=O) groups is 1. The highest BCUT2D eigenvalue weighted by atomic mass is 16.5. The van der Waals surface area contributed by atoms with E-state index in [1.54, 1.807) is 0 Å². The Morgan fingerprint density at radius 2 is 2.38 bits per heavy atom. The molecule has 0 aromatic heterocycles. The van der Waals surface area contributed by atoms with Gasteiger partial charge in [-0.2, -0.15) is 0 Å². The molecule has 76 valence electrons. The van der Waals surface area contributed by atoms with E-state index in [2.05, 4.69) is 0 Å². The largest absolute Gasteiger partial charge is 0.371 e. The third-order valence-electron chi connectivity index (χ3n) is 2.31. The van der Waals surface area contributed by atoms with Crippen LogP contribution in [0.5, 0.6) is 0 Å². The Morgan fingerprint density at radius 1 is 1.69 bits per heavy atom. The van der Waals surface area contributed by atoms with Crippen molar-refractivity contribution in [3.8, 4) is 0 Å². The van der Waals surface area contributed by atoms with E-state index in [1.807, 2.05) is 18.7 Å². The van der Waals surface area contributed by atoms with Crippen LogP contribution in [0.25, 0.3) is 0 Å². The molecule has 1 fully saturated rings. The van der Waals surface area contributed by atoms with Crippen LogP contribution in [0.3, 0.4) is 0 Å². The Kier molecular flexibility index (Phi) is 3.69. The molecule has 0 bridgehead atoms. The van der Waals surface area contributed by atoms with Gasteiger partial charge in [-0.15, -0.1) is 0 Å². The molecule has 1 atom stereocenters. The monoisotopic (exact) mass is 186 g/mol. The van der Waals surface area contributed by atoms with Gasteiger partial charge in [0, 0.05) is 18.5 Å². The lowest BCUT2D eigenvalue weighted by Crippen LogP contribution is -2.41. The van der Waals surface area contributed by atoms with Crippen molar-refractivity contribution >= 4 is 5.91 Å². The second-order valence-corrected chi connectivity index (χ2v) is 3.76. The van der Waals surface area contributed by atoms with Crippen LogP contribution in [0.15, 0.2) is 0 Å². The molecule has 0 unspecified atom stereocenters. The number of carbonyl (C=O) groups excluding carboxylic acids is 1. The summed E-state index contributed by atoms with van der Waals surface area (Å²) < 4.78 is 5.22. The Labute approximate surface area is 79.0 Å². The lowest BCUT2D eigenvalue weighted by atomic mass is 10.1. The number of hydrogen-bond acceptors (Lipinski definition) is 3. The van der Waals surface area contributed by atoms with Gasteiger partial charge >= 0.3 is 0 Å². The number of amides is 1. The van der Waals surface area contributed by atoms with E-state index in [1.165, 1.54) is 0 Å². The van der Waals surface area contributed by atoms with Crippen LogP contribution in [0.4, 0.5) is 0 Å². The van der Waals surface area contributed by atoms with Gasteiger partial charge in [-0.3, -0.25) is 4.79 Å². The van der Waals surface area contributed by atoms with Crippen LogP contribution in [0, 0.1) is 5.92 Å². The van der Waals surface area contributed by atoms with Gasteiger partial charge in [0.05, 0.1) is 6.61 Å². The maximum absolute atomic E-state index is 11.5. The van der Waals surface area contributed by atoms with E-state index in [0.717, 1.165) is 6.54 Å². The number of nitrogens with two attached hydrogens (primary N) is 1. The normalized spacial score (nSPS) is 25.1. The molecule has 0 radical (unpaired) electrons. The molecule has 0 aliphatic carbocycles. The van der Waals surface area contributed by atoms with Crippen LogP contribution in [-0.4, -0.2) is 43.2 Å². The van der Waals surface area contributed by atoms with Gasteiger partial charge < -0.3 is 15.4 Å². The summed E-state index contributed by atoms with van der Waals surface area (Å²) in [5.41, 5.74) is 5.56. The zero-order valence-corrected chi connectivity index (χ0v) is 8.32. The minimum atomic E-state index is 0.0750.